The predicted octanol–water partition coefficient (Wildman–Crippen LogP) is 3.06. The van der Waals surface area contributed by atoms with Crippen molar-refractivity contribution >= 4 is 29.2 Å². The van der Waals surface area contributed by atoms with E-state index >= 15 is 0 Å². The fraction of sp³-hybridized carbons (Fsp3) is 0.350. The molecule has 0 aromatic carbocycles. The van der Waals surface area contributed by atoms with Crippen molar-refractivity contribution in [3.05, 3.63) is 58.3 Å². The normalized spacial score (nSPS) is 15.6. The topological polar surface area (TPSA) is 113 Å². The summed E-state index contributed by atoms with van der Waals surface area (Å²) in [5, 5.41) is 14.8. The second-order valence-corrected chi connectivity index (χ2v) is 8.51. The van der Waals surface area contributed by atoms with Gasteiger partial charge in [0.25, 0.3) is 5.91 Å². The van der Waals surface area contributed by atoms with Crippen LogP contribution in [0.4, 0.5) is 19.1 Å². The molecule has 4 rings (SSSR count). The van der Waals surface area contributed by atoms with Crippen LogP contribution < -0.4 is 5.32 Å². The van der Waals surface area contributed by atoms with E-state index in [4.69, 9.17) is 9.90 Å². The summed E-state index contributed by atoms with van der Waals surface area (Å²) in [5.41, 5.74) is 1.06. The van der Waals surface area contributed by atoms with E-state index in [-0.39, 0.29) is 11.8 Å². The maximum absolute atomic E-state index is 13.0. The molecule has 1 aliphatic heterocycles. The summed E-state index contributed by atoms with van der Waals surface area (Å²) >= 11 is 1.54. The Hall–Kier alpha value is -3.48. The number of alkyl halides is 3. The van der Waals surface area contributed by atoms with Crippen LogP contribution in [-0.4, -0.2) is 60.9 Å². The standard InChI is InChI=1S/C18H20N6OS.C2HF3O2/c1-13-3-4-16(26-13)17(25)23-10-14(9-21-18-19-6-2-7-20-18)11-24-15(12-23)5-8-22-24;3-2(4,5)1(6)7/h2-8,14H,9-12H2,1H3,(H,19,20,21);(H,6,7). The van der Waals surface area contributed by atoms with Crippen molar-refractivity contribution in [2.75, 3.05) is 18.4 Å². The SMILES string of the molecule is Cc1ccc(C(=O)N2Cc3ccnn3CC(CNc3ncccn3)C2)s1.O=C(O)C(F)(F)F. The molecule has 0 fully saturated rings. The number of carbonyl (C=O) groups excluding carboxylic acids is 1. The molecule has 3 aromatic rings. The Morgan fingerprint density at radius 1 is 1.18 bits per heavy atom. The molecule has 1 aliphatic rings. The number of amides is 1. The summed E-state index contributed by atoms with van der Waals surface area (Å²) in [6.07, 6.45) is 0.134. The molecule has 0 saturated carbocycles. The van der Waals surface area contributed by atoms with Crippen molar-refractivity contribution in [3.63, 3.8) is 0 Å². The Labute approximate surface area is 190 Å². The number of rotatable bonds is 4. The molecular formula is C20H21F3N6O3S. The molecule has 0 bridgehead atoms. The zero-order chi connectivity index (χ0) is 24.0. The minimum Gasteiger partial charge on any atom is -0.475 e. The number of hydrogen-bond acceptors (Lipinski definition) is 7. The van der Waals surface area contributed by atoms with Crippen LogP contribution >= 0.6 is 11.3 Å². The highest BCUT2D eigenvalue weighted by molar-refractivity contribution is 7.13. The van der Waals surface area contributed by atoms with Gasteiger partial charge in [0.1, 0.15) is 0 Å². The molecule has 4 heterocycles. The number of aliphatic carboxylic acids is 1. The van der Waals surface area contributed by atoms with Gasteiger partial charge >= 0.3 is 12.1 Å². The molecular weight excluding hydrogens is 461 g/mol. The van der Waals surface area contributed by atoms with Crippen LogP contribution in [0.3, 0.4) is 0 Å². The third kappa shape index (κ3) is 6.75. The van der Waals surface area contributed by atoms with Gasteiger partial charge in [-0.15, -0.1) is 11.3 Å². The van der Waals surface area contributed by atoms with Crippen LogP contribution in [0.2, 0.25) is 0 Å². The van der Waals surface area contributed by atoms with E-state index in [2.05, 4.69) is 20.4 Å². The monoisotopic (exact) mass is 482 g/mol. The number of thiophene rings is 1. The Morgan fingerprint density at radius 3 is 2.48 bits per heavy atom. The van der Waals surface area contributed by atoms with Gasteiger partial charge in [0.05, 0.1) is 17.1 Å². The van der Waals surface area contributed by atoms with E-state index in [1.807, 2.05) is 34.7 Å². The van der Waals surface area contributed by atoms with E-state index in [1.165, 1.54) is 0 Å². The van der Waals surface area contributed by atoms with Gasteiger partial charge < -0.3 is 15.3 Å². The molecule has 2 N–H and O–H groups in total. The number of halogens is 3. The zero-order valence-corrected chi connectivity index (χ0v) is 18.3. The number of fused-ring (bicyclic) bond motifs is 1. The zero-order valence-electron chi connectivity index (χ0n) is 17.5. The number of hydrogen-bond donors (Lipinski definition) is 2. The quantitative estimate of drug-likeness (QED) is 0.588. The van der Waals surface area contributed by atoms with Crippen LogP contribution in [0.15, 0.2) is 42.9 Å². The van der Waals surface area contributed by atoms with Crippen LogP contribution in [0.1, 0.15) is 20.2 Å². The summed E-state index contributed by atoms with van der Waals surface area (Å²) < 4.78 is 33.7. The molecule has 1 unspecified atom stereocenters. The van der Waals surface area contributed by atoms with Gasteiger partial charge in [0.2, 0.25) is 5.95 Å². The summed E-state index contributed by atoms with van der Waals surface area (Å²) in [6.45, 7) is 4.70. The number of aromatic nitrogens is 4. The first kappa shape index (κ1) is 24.2. The van der Waals surface area contributed by atoms with Crippen molar-refractivity contribution in [3.8, 4) is 0 Å². The third-order valence-corrected chi connectivity index (χ3v) is 5.65. The van der Waals surface area contributed by atoms with Crippen LogP contribution in [0.25, 0.3) is 0 Å². The first-order valence-electron chi connectivity index (χ1n) is 9.81. The Bertz CT molecular complexity index is 1090. The lowest BCUT2D eigenvalue weighted by molar-refractivity contribution is -0.192. The summed E-state index contributed by atoms with van der Waals surface area (Å²) in [6, 6.07) is 7.67. The highest BCUT2D eigenvalue weighted by atomic mass is 32.1. The van der Waals surface area contributed by atoms with Crippen LogP contribution in [-0.2, 0) is 17.9 Å². The van der Waals surface area contributed by atoms with Gasteiger partial charge in [0, 0.05) is 49.0 Å². The maximum Gasteiger partial charge on any atom is 0.490 e. The van der Waals surface area contributed by atoms with E-state index in [0.717, 1.165) is 22.0 Å². The Morgan fingerprint density at radius 2 is 1.88 bits per heavy atom. The second kappa shape index (κ2) is 10.4. The number of anilines is 1. The third-order valence-electron chi connectivity index (χ3n) is 4.66. The fourth-order valence-electron chi connectivity index (χ4n) is 3.15. The van der Waals surface area contributed by atoms with Crippen LogP contribution in [0.5, 0.6) is 0 Å². The second-order valence-electron chi connectivity index (χ2n) is 7.22. The maximum atomic E-state index is 13.0. The van der Waals surface area contributed by atoms with Crippen molar-refractivity contribution in [2.24, 2.45) is 5.92 Å². The average molecular weight is 482 g/mol. The van der Waals surface area contributed by atoms with E-state index < -0.39 is 12.1 Å². The van der Waals surface area contributed by atoms with Gasteiger partial charge in [-0.1, -0.05) is 0 Å². The smallest absolute Gasteiger partial charge is 0.475 e. The molecule has 1 amide bonds. The van der Waals surface area contributed by atoms with Gasteiger partial charge in [-0.05, 0) is 31.2 Å². The highest BCUT2D eigenvalue weighted by Gasteiger charge is 2.38. The molecule has 1 atom stereocenters. The summed E-state index contributed by atoms with van der Waals surface area (Å²) in [7, 11) is 0. The van der Waals surface area contributed by atoms with Gasteiger partial charge in [-0.3, -0.25) is 9.48 Å². The fourth-order valence-corrected chi connectivity index (χ4v) is 3.98. The lowest BCUT2D eigenvalue weighted by Crippen LogP contribution is -2.35. The molecule has 0 spiro atoms. The minimum atomic E-state index is -5.08. The summed E-state index contributed by atoms with van der Waals surface area (Å²) in [5.74, 6) is -1.86. The molecule has 0 radical (unpaired) electrons. The Balaban J connectivity index is 0.000000383. The summed E-state index contributed by atoms with van der Waals surface area (Å²) in [4.78, 5) is 34.1. The molecule has 0 aliphatic carbocycles. The van der Waals surface area contributed by atoms with Crippen molar-refractivity contribution in [1.82, 2.24) is 24.6 Å². The molecule has 9 nitrogen and oxygen atoms in total. The van der Waals surface area contributed by atoms with Crippen LogP contribution in [0, 0.1) is 12.8 Å². The molecule has 0 saturated heterocycles. The molecule has 13 heteroatoms. The number of carboxylic acid groups (broad SMARTS) is 1. The highest BCUT2D eigenvalue weighted by Crippen LogP contribution is 2.22. The van der Waals surface area contributed by atoms with E-state index in [9.17, 15) is 18.0 Å². The lowest BCUT2D eigenvalue weighted by Gasteiger charge is -2.24. The first-order valence-corrected chi connectivity index (χ1v) is 10.6. The van der Waals surface area contributed by atoms with Crippen molar-refractivity contribution in [1.29, 1.82) is 0 Å². The lowest BCUT2D eigenvalue weighted by atomic mass is 10.1. The van der Waals surface area contributed by atoms with Gasteiger partial charge in [-0.25, -0.2) is 14.8 Å². The van der Waals surface area contributed by atoms with Crippen molar-refractivity contribution in [2.45, 2.75) is 26.2 Å². The first-order chi connectivity index (χ1) is 15.6. The van der Waals surface area contributed by atoms with Crippen molar-refractivity contribution < 1.29 is 27.9 Å². The van der Waals surface area contributed by atoms with E-state index in [1.54, 1.807) is 36.0 Å². The molecule has 33 heavy (non-hydrogen) atoms. The molecule has 3 aromatic heterocycles. The number of carboxylic acids is 1. The number of nitrogens with zero attached hydrogens (tertiary/aromatic N) is 5. The Kier molecular flexibility index (Phi) is 7.63. The number of nitrogens with one attached hydrogen (secondary N) is 1. The predicted molar refractivity (Wildman–Crippen MR) is 114 cm³/mol. The minimum absolute atomic E-state index is 0.0821. The number of carbonyl (C=O) groups is 2. The van der Waals surface area contributed by atoms with Gasteiger partial charge in [0.15, 0.2) is 0 Å². The van der Waals surface area contributed by atoms with E-state index in [0.29, 0.717) is 25.6 Å². The average Bonchev–Trinajstić information content (AvgIpc) is 3.36. The molecule has 176 valence electrons. The van der Waals surface area contributed by atoms with Gasteiger partial charge in [-0.2, -0.15) is 18.3 Å². The largest absolute Gasteiger partial charge is 0.490 e. The number of aryl methyl sites for hydroxylation is 1.